The molecule has 0 aliphatic carbocycles. The van der Waals surface area contributed by atoms with Gasteiger partial charge in [0.15, 0.2) is 20.9 Å². The zero-order chi connectivity index (χ0) is 31.5. The van der Waals surface area contributed by atoms with Crippen molar-refractivity contribution in [1.82, 2.24) is 0 Å². The first kappa shape index (κ1) is 33.9. The third-order valence-electron chi connectivity index (χ3n) is 9.79. The molecule has 2 aromatic rings. The van der Waals surface area contributed by atoms with E-state index in [4.69, 9.17) is 32.8 Å². The van der Waals surface area contributed by atoms with Crippen molar-refractivity contribution in [2.24, 2.45) is 23.7 Å². The van der Waals surface area contributed by atoms with Gasteiger partial charge in [-0.1, -0.05) is 72.7 Å². The van der Waals surface area contributed by atoms with Crippen LogP contribution in [0.5, 0.6) is 11.5 Å². The Bertz CT molecular complexity index is 1070. The van der Waals surface area contributed by atoms with Crippen molar-refractivity contribution in [3.63, 3.8) is 0 Å². The van der Waals surface area contributed by atoms with E-state index in [0.717, 1.165) is 22.6 Å². The molecular formula is C35H54O7Si. The molecule has 0 spiro atoms. The van der Waals surface area contributed by atoms with Gasteiger partial charge in [-0.2, -0.15) is 0 Å². The molecule has 0 amide bonds. The molecule has 7 nitrogen and oxygen atoms in total. The number of benzene rings is 2. The molecule has 8 heteroatoms. The summed E-state index contributed by atoms with van der Waals surface area (Å²) in [5.74, 6) is 2.24. The van der Waals surface area contributed by atoms with Crippen LogP contribution in [-0.2, 0) is 23.4 Å². The Morgan fingerprint density at radius 3 is 1.40 bits per heavy atom. The zero-order valence-electron chi connectivity index (χ0n) is 28.1. The molecule has 2 heterocycles. The van der Waals surface area contributed by atoms with E-state index >= 15 is 0 Å². The van der Waals surface area contributed by atoms with Gasteiger partial charge in [0, 0.05) is 34.8 Å². The molecule has 9 atom stereocenters. The van der Waals surface area contributed by atoms with Gasteiger partial charge in [-0.05, 0) is 42.4 Å². The SMILES string of the molecule is COc1ccc([C@@H]2OC[C@@H](C)[C@H]([C@H](C)C(O[Si](C)(C)C(C)(C)C)[C@H](C)[C@H]3O[C@@H](c4ccc(OC)cc4)OC[C@@H]3C)O2)cc1. The highest BCUT2D eigenvalue weighted by Crippen LogP contribution is 2.44. The predicted molar refractivity (Wildman–Crippen MR) is 172 cm³/mol. The first-order valence-electron chi connectivity index (χ1n) is 15.8. The van der Waals surface area contributed by atoms with Crippen LogP contribution >= 0.6 is 0 Å². The van der Waals surface area contributed by atoms with Gasteiger partial charge in [-0.3, -0.25) is 0 Å². The maximum atomic E-state index is 7.34. The van der Waals surface area contributed by atoms with Gasteiger partial charge in [-0.15, -0.1) is 0 Å². The Labute approximate surface area is 260 Å². The van der Waals surface area contributed by atoms with E-state index in [9.17, 15) is 0 Å². The summed E-state index contributed by atoms with van der Waals surface area (Å²) in [6.07, 6.45) is -1.05. The van der Waals surface area contributed by atoms with Crippen molar-refractivity contribution < 1.29 is 32.8 Å². The van der Waals surface area contributed by atoms with Gasteiger partial charge >= 0.3 is 0 Å². The predicted octanol–water partition coefficient (Wildman–Crippen LogP) is 8.17. The summed E-state index contributed by atoms with van der Waals surface area (Å²) in [7, 11) is 1.20. The second-order valence-electron chi connectivity index (χ2n) is 14.1. The molecule has 240 valence electrons. The lowest BCUT2D eigenvalue weighted by atomic mass is 9.79. The summed E-state index contributed by atoms with van der Waals surface area (Å²) < 4.78 is 44.0. The summed E-state index contributed by atoms with van der Waals surface area (Å²) in [6, 6.07) is 15.9. The Morgan fingerprint density at radius 1 is 0.698 bits per heavy atom. The van der Waals surface area contributed by atoms with Crippen molar-refractivity contribution in [1.29, 1.82) is 0 Å². The zero-order valence-corrected chi connectivity index (χ0v) is 29.1. The minimum atomic E-state index is -2.15. The van der Waals surface area contributed by atoms with Gasteiger partial charge in [0.1, 0.15) is 11.5 Å². The largest absolute Gasteiger partial charge is 0.497 e. The van der Waals surface area contributed by atoms with Crippen LogP contribution in [-0.4, -0.2) is 54.1 Å². The van der Waals surface area contributed by atoms with Crippen LogP contribution in [0, 0.1) is 23.7 Å². The molecule has 0 radical (unpaired) electrons. The number of hydrogen-bond acceptors (Lipinski definition) is 7. The van der Waals surface area contributed by atoms with E-state index in [-0.39, 0.29) is 47.0 Å². The van der Waals surface area contributed by atoms with E-state index in [1.165, 1.54) is 0 Å². The molecule has 2 fully saturated rings. The van der Waals surface area contributed by atoms with E-state index < -0.39 is 20.9 Å². The standard InChI is InChI=1S/C35H54O7Si/c1-22-20-38-33(26-12-16-28(36-8)17-13-26)40-30(22)24(3)32(42-43(10,11)35(5,6)7)25(4)31-23(2)21-39-34(41-31)27-14-18-29(37-9)19-15-27/h12-19,22-25,30-34H,20-21H2,1-11H3/t22-,23+,24+,25-,30-,31+,32?,33-,34+. The van der Waals surface area contributed by atoms with E-state index in [0.29, 0.717) is 13.2 Å². The van der Waals surface area contributed by atoms with Crippen LogP contribution in [0.4, 0.5) is 0 Å². The Balaban J connectivity index is 1.61. The summed E-state index contributed by atoms with van der Waals surface area (Å²) in [4.78, 5) is 0. The first-order valence-corrected chi connectivity index (χ1v) is 18.7. The fourth-order valence-electron chi connectivity index (χ4n) is 6.04. The van der Waals surface area contributed by atoms with E-state index in [2.05, 4.69) is 61.6 Å². The Hall–Kier alpha value is -1.94. The minimum Gasteiger partial charge on any atom is -0.497 e. The van der Waals surface area contributed by atoms with Crippen molar-refractivity contribution in [3.8, 4) is 11.5 Å². The van der Waals surface area contributed by atoms with Crippen LogP contribution in [0.15, 0.2) is 48.5 Å². The van der Waals surface area contributed by atoms with Crippen molar-refractivity contribution in [3.05, 3.63) is 59.7 Å². The molecule has 2 aromatic carbocycles. The monoisotopic (exact) mass is 614 g/mol. The average molecular weight is 615 g/mol. The molecule has 2 saturated heterocycles. The van der Waals surface area contributed by atoms with Crippen molar-refractivity contribution in [2.45, 2.75) is 97.5 Å². The van der Waals surface area contributed by atoms with Gasteiger partial charge < -0.3 is 32.8 Å². The van der Waals surface area contributed by atoms with Crippen LogP contribution in [0.3, 0.4) is 0 Å². The molecule has 0 bridgehead atoms. The first-order chi connectivity index (χ1) is 20.3. The van der Waals surface area contributed by atoms with Crippen LogP contribution in [0.2, 0.25) is 18.1 Å². The maximum absolute atomic E-state index is 7.34. The molecule has 0 N–H and O–H groups in total. The van der Waals surface area contributed by atoms with Gasteiger partial charge in [0.25, 0.3) is 0 Å². The Morgan fingerprint density at radius 2 is 1.07 bits per heavy atom. The molecule has 0 aromatic heterocycles. The normalized spacial score (nSPS) is 29.0. The smallest absolute Gasteiger partial charge is 0.192 e. The average Bonchev–Trinajstić information content (AvgIpc) is 2.99. The van der Waals surface area contributed by atoms with E-state index in [1.54, 1.807) is 14.2 Å². The quantitative estimate of drug-likeness (QED) is 0.250. The second-order valence-corrected chi connectivity index (χ2v) is 18.9. The van der Waals surface area contributed by atoms with E-state index in [1.807, 2.05) is 48.5 Å². The minimum absolute atomic E-state index is 0.0504. The van der Waals surface area contributed by atoms with Crippen molar-refractivity contribution >= 4 is 8.32 Å². The van der Waals surface area contributed by atoms with Gasteiger partial charge in [0.2, 0.25) is 0 Å². The second kappa shape index (κ2) is 14.0. The van der Waals surface area contributed by atoms with Crippen LogP contribution < -0.4 is 9.47 Å². The van der Waals surface area contributed by atoms with Crippen molar-refractivity contribution in [2.75, 3.05) is 27.4 Å². The lowest BCUT2D eigenvalue weighted by Gasteiger charge is -2.49. The van der Waals surface area contributed by atoms with Crippen LogP contribution in [0.25, 0.3) is 0 Å². The lowest BCUT2D eigenvalue weighted by molar-refractivity contribution is -0.271. The summed E-state index contributed by atoms with van der Waals surface area (Å²) in [5.41, 5.74) is 1.98. The number of hydrogen-bond donors (Lipinski definition) is 0. The van der Waals surface area contributed by atoms with Crippen LogP contribution in [0.1, 0.15) is 72.2 Å². The maximum Gasteiger partial charge on any atom is 0.192 e. The lowest BCUT2D eigenvalue weighted by Crippen LogP contribution is -2.55. The highest BCUT2D eigenvalue weighted by molar-refractivity contribution is 6.74. The number of ether oxygens (including phenoxy) is 6. The summed E-state index contributed by atoms with van der Waals surface area (Å²) >= 11 is 0. The summed E-state index contributed by atoms with van der Waals surface area (Å²) in [6.45, 7) is 21.8. The van der Waals surface area contributed by atoms with Gasteiger partial charge in [0.05, 0.1) is 45.7 Å². The molecule has 43 heavy (non-hydrogen) atoms. The highest BCUT2D eigenvalue weighted by atomic mass is 28.4. The fraction of sp³-hybridized carbons (Fsp3) is 0.657. The third kappa shape index (κ3) is 7.83. The molecule has 0 saturated carbocycles. The van der Waals surface area contributed by atoms with Gasteiger partial charge in [-0.25, -0.2) is 0 Å². The number of methoxy groups -OCH3 is 2. The third-order valence-corrected chi connectivity index (χ3v) is 14.3. The fourth-order valence-corrected chi connectivity index (χ4v) is 7.50. The molecule has 2 aliphatic heterocycles. The highest BCUT2D eigenvalue weighted by Gasteiger charge is 2.48. The molecular weight excluding hydrogens is 560 g/mol. The number of rotatable bonds is 10. The molecule has 1 unspecified atom stereocenters. The topological polar surface area (TPSA) is 64.6 Å². The molecule has 2 aliphatic rings. The Kier molecular flexibility index (Phi) is 11.1. The molecule has 4 rings (SSSR count). The summed E-state index contributed by atoms with van der Waals surface area (Å²) in [5, 5.41) is 0.0618.